The van der Waals surface area contributed by atoms with Crippen LogP contribution in [0.1, 0.15) is 52.4 Å². The van der Waals surface area contributed by atoms with E-state index in [1.807, 2.05) is 18.7 Å². The maximum absolute atomic E-state index is 12.7. The predicted molar refractivity (Wildman–Crippen MR) is 81.2 cm³/mol. The fourth-order valence-electron chi connectivity index (χ4n) is 3.53. The van der Waals surface area contributed by atoms with Crippen LogP contribution < -0.4 is 0 Å². The number of rotatable bonds is 2. The Morgan fingerprint density at radius 1 is 0.952 bits per heavy atom. The molecule has 0 aromatic rings. The van der Waals surface area contributed by atoms with Gasteiger partial charge in [0.25, 0.3) is 0 Å². The molecule has 2 saturated heterocycles. The van der Waals surface area contributed by atoms with Crippen LogP contribution in [-0.4, -0.2) is 53.1 Å². The highest BCUT2D eigenvalue weighted by Crippen LogP contribution is 2.38. The van der Waals surface area contributed by atoms with E-state index in [1.165, 1.54) is 19.3 Å². The third-order valence-electron chi connectivity index (χ3n) is 5.23. The molecule has 2 aliphatic rings. The molecule has 1 unspecified atom stereocenters. The molecule has 2 rings (SSSR count). The number of urea groups is 1. The Hall–Kier alpha value is -1.26. The van der Waals surface area contributed by atoms with Gasteiger partial charge in [-0.3, -0.25) is 4.79 Å². The first-order valence-electron chi connectivity index (χ1n) is 8.24. The van der Waals surface area contributed by atoms with Crippen molar-refractivity contribution >= 4 is 12.0 Å². The molecule has 2 amide bonds. The molecule has 0 spiro atoms. The highest BCUT2D eigenvalue weighted by Gasteiger charge is 2.49. The lowest BCUT2D eigenvalue weighted by Gasteiger charge is -2.32. The van der Waals surface area contributed by atoms with E-state index < -0.39 is 11.4 Å². The zero-order valence-corrected chi connectivity index (χ0v) is 13.3. The minimum atomic E-state index is -0.765. The third kappa shape index (κ3) is 3.33. The van der Waals surface area contributed by atoms with Crippen LogP contribution in [0.15, 0.2) is 0 Å². The minimum Gasteiger partial charge on any atom is -0.481 e. The summed E-state index contributed by atoms with van der Waals surface area (Å²) in [7, 11) is 0. The van der Waals surface area contributed by atoms with Crippen LogP contribution in [0.25, 0.3) is 0 Å². The van der Waals surface area contributed by atoms with Crippen LogP contribution in [0, 0.1) is 11.3 Å². The van der Waals surface area contributed by atoms with Crippen LogP contribution in [0.3, 0.4) is 0 Å². The number of hydrogen-bond acceptors (Lipinski definition) is 2. The molecule has 0 radical (unpaired) electrons. The number of amides is 2. The van der Waals surface area contributed by atoms with E-state index >= 15 is 0 Å². The molecule has 0 bridgehead atoms. The summed E-state index contributed by atoms with van der Waals surface area (Å²) >= 11 is 0. The lowest BCUT2D eigenvalue weighted by molar-refractivity contribution is -0.150. The lowest BCUT2D eigenvalue weighted by Crippen LogP contribution is -2.46. The fraction of sp³-hybridized carbons (Fsp3) is 0.875. The molecule has 120 valence electrons. The van der Waals surface area contributed by atoms with Gasteiger partial charge in [0, 0.05) is 26.2 Å². The Kier molecular flexibility index (Phi) is 5.12. The second kappa shape index (κ2) is 6.67. The topological polar surface area (TPSA) is 60.9 Å². The van der Waals surface area contributed by atoms with Gasteiger partial charge in [-0.05, 0) is 25.2 Å². The van der Waals surface area contributed by atoms with Crippen molar-refractivity contribution in [2.75, 3.05) is 26.2 Å². The molecule has 2 fully saturated rings. The number of nitrogens with zero attached hydrogens (tertiary/aromatic N) is 2. The standard InChI is InChI=1S/C16H28N2O3/c1-13(2)16(14(19)20)8-11-18(12-16)15(21)17-9-6-4-3-5-7-10-17/h13H,3-12H2,1-2H3,(H,19,20). The first kappa shape index (κ1) is 16.1. The van der Waals surface area contributed by atoms with Crippen molar-refractivity contribution in [1.29, 1.82) is 0 Å². The summed E-state index contributed by atoms with van der Waals surface area (Å²) in [6.07, 6.45) is 6.34. The number of aliphatic carboxylic acids is 1. The van der Waals surface area contributed by atoms with Crippen molar-refractivity contribution < 1.29 is 14.7 Å². The second-order valence-electron chi connectivity index (χ2n) is 6.82. The molecule has 2 heterocycles. The van der Waals surface area contributed by atoms with E-state index in [1.54, 1.807) is 4.90 Å². The van der Waals surface area contributed by atoms with Crippen LogP contribution in [0.5, 0.6) is 0 Å². The average molecular weight is 296 g/mol. The Balaban J connectivity index is 2.02. The van der Waals surface area contributed by atoms with Gasteiger partial charge in [-0.2, -0.15) is 0 Å². The fourth-order valence-corrected chi connectivity index (χ4v) is 3.53. The molecular formula is C16H28N2O3. The molecule has 1 atom stereocenters. The zero-order valence-electron chi connectivity index (χ0n) is 13.3. The van der Waals surface area contributed by atoms with Crippen molar-refractivity contribution in [2.45, 2.75) is 52.4 Å². The Bertz CT molecular complexity index is 389. The molecule has 0 saturated carbocycles. The first-order chi connectivity index (χ1) is 9.97. The monoisotopic (exact) mass is 296 g/mol. The lowest BCUT2D eigenvalue weighted by atomic mass is 9.76. The van der Waals surface area contributed by atoms with Crippen LogP contribution in [0.4, 0.5) is 4.79 Å². The van der Waals surface area contributed by atoms with Gasteiger partial charge in [0.15, 0.2) is 0 Å². The number of carbonyl (C=O) groups excluding carboxylic acids is 1. The van der Waals surface area contributed by atoms with E-state index in [0.29, 0.717) is 19.5 Å². The zero-order chi connectivity index (χ0) is 15.5. The van der Waals surface area contributed by atoms with Gasteiger partial charge in [-0.1, -0.05) is 33.1 Å². The van der Waals surface area contributed by atoms with Crippen LogP contribution >= 0.6 is 0 Å². The van der Waals surface area contributed by atoms with Crippen molar-refractivity contribution in [2.24, 2.45) is 11.3 Å². The second-order valence-corrected chi connectivity index (χ2v) is 6.82. The minimum absolute atomic E-state index is 0.0418. The number of carbonyl (C=O) groups is 2. The molecule has 5 heteroatoms. The molecule has 2 aliphatic heterocycles. The Morgan fingerprint density at radius 3 is 2.00 bits per heavy atom. The molecule has 0 aromatic heterocycles. The number of likely N-dealkylation sites (tertiary alicyclic amines) is 2. The van der Waals surface area contributed by atoms with Gasteiger partial charge in [0.05, 0.1) is 5.41 Å². The van der Waals surface area contributed by atoms with E-state index in [9.17, 15) is 14.7 Å². The number of hydrogen-bond donors (Lipinski definition) is 1. The SMILES string of the molecule is CC(C)C1(C(=O)O)CCN(C(=O)N2CCCCCCC2)C1. The molecule has 0 aromatic carbocycles. The molecule has 1 N–H and O–H groups in total. The largest absolute Gasteiger partial charge is 0.481 e. The van der Waals surface area contributed by atoms with Crippen LogP contribution in [0.2, 0.25) is 0 Å². The van der Waals surface area contributed by atoms with Crippen LogP contribution in [-0.2, 0) is 4.79 Å². The van der Waals surface area contributed by atoms with E-state index in [2.05, 4.69) is 0 Å². The molecule has 5 nitrogen and oxygen atoms in total. The summed E-state index contributed by atoms with van der Waals surface area (Å²) < 4.78 is 0. The summed E-state index contributed by atoms with van der Waals surface area (Å²) in [5, 5.41) is 9.57. The third-order valence-corrected chi connectivity index (χ3v) is 5.23. The summed E-state index contributed by atoms with van der Waals surface area (Å²) in [4.78, 5) is 28.0. The molecule has 21 heavy (non-hydrogen) atoms. The average Bonchev–Trinajstić information content (AvgIpc) is 2.84. The maximum atomic E-state index is 12.7. The molecule has 0 aliphatic carbocycles. The molecular weight excluding hydrogens is 268 g/mol. The predicted octanol–water partition coefficient (Wildman–Crippen LogP) is 2.81. The quantitative estimate of drug-likeness (QED) is 0.852. The number of carboxylic acid groups (broad SMARTS) is 1. The number of carboxylic acids is 1. The van der Waals surface area contributed by atoms with Gasteiger partial charge >= 0.3 is 12.0 Å². The Labute approximate surface area is 127 Å². The Morgan fingerprint density at radius 2 is 1.52 bits per heavy atom. The van der Waals surface area contributed by atoms with Gasteiger partial charge in [-0.25, -0.2) is 4.79 Å². The van der Waals surface area contributed by atoms with Gasteiger partial charge in [-0.15, -0.1) is 0 Å². The summed E-state index contributed by atoms with van der Waals surface area (Å²) in [5.41, 5.74) is -0.765. The van der Waals surface area contributed by atoms with E-state index in [0.717, 1.165) is 25.9 Å². The van der Waals surface area contributed by atoms with E-state index in [4.69, 9.17) is 0 Å². The normalized spacial score (nSPS) is 27.6. The highest BCUT2D eigenvalue weighted by molar-refractivity contribution is 5.80. The van der Waals surface area contributed by atoms with Crippen molar-refractivity contribution in [3.05, 3.63) is 0 Å². The maximum Gasteiger partial charge on any atom is 0.320 e. The summed E-state index contributed by atoms with van der Waals surface area (Å²) in [6, 6.07) is 0.0423. The smallest absolute Gasteiger partial charge is 0.320 e. The summed E-state index contributed by atoms with van der Waals surface area (Å²) in [5.74, 6) is -0.722. The van der Waals surface area contributed by atoms with Gasteiger partial charge in [0.1, 0.15) is 0 Å². The van der Waals surface area contributed by atoms with Crippen molar-refractivity contribution in [3.63, 3.8) is 0 Å². The first-order valence-corrected chi connectivity index (χ1v) is 8.24. The van der Waals surface area contributed by atoms with Gasteiger partial charge in [0.2, 0.25) is 0 Å². The van der Waals surface area contributed by atoms with Crippen molar-refractivity contribution in [1.82, 2.24) is 9.80 Å². The van der Waals surface area contributed by atoms with Crippen molar-refractivity contribution in [3.8, 4) is 0 Å². The summed E-state index contributed by atoms with van der Waals surface area (Å²) in [6.45, 7) is 6.44. The highest BCUT2D eigenvalue weighted by atomic mass is 16.4. The van der Waals surface area contributed by atoms with Gasteiger partial charge < -0.3 is 14.9 Å². The van der Waals surface area contributed by atoms with E-state index in [-0.39, 0.29) is 11.9 Å².